The Bertz CT molecular complexity index is 546. The summed E-state index contributed by atoms with van der Waals surface area (Å²) in [5.41, 5.74) is 14.8. The molecule has 19 heavy (non-hydrogen) atoms. The Hall–Kier alpha value is -2.59. The van der Waals surface area contributed by atoms with Crippen molar-refractivity contribution in [1.82, 2.24) is 0 Å². The molecule has 10 nitrogen and oxygen atoms in total. The zero-order valence-electron chi connectivity index (χ0n) is 9.55. The van der Waals surface area contributed by atoms with Crippen LogP contribution in [0.15, 0.2) is 18.2 Å². The second-order valence-electron chi connectivity index (χ2n) is 3.71. The van der Waals surface area contributed by atoms with E-state index in [9.17, 15) is 25.0 Å². The van der Waals surface area contributed by atoms with Crippen LogP contribution in [0.4, 0.5) is 11.4 Å². The van der Waals surface area contributed by atoms with Crippen molar-refractivity contribution >= 4 is 17.3 Å². The van der Waals surface area contributed by atoms with Crippen LogP contribution >= 0.6 is 0 Å². The fourth-order valence-corrected chi connectivity index (χ4v) is 1.46. The summed E-state index contributed by atoms with van der Waals surface area (Å²) in [4.78, 5) is 30.7. The molecule has 1 rings (SSSR count). The number of benzene rings is 1. The summed E-state index contributed by atoms with van der Waals surface area (Å²) < 4.78 is 0. The van der Waals surface area contributed by atoms with E-state index in [1.165, 1.54) is 0 Å². The molecule has 0 radical (unpaired) electrons. The van der Waals surface area contributed by atoms with Crippen molar-refractivity contribution in [2.45, 2.75) is 12.1 Å². The summed E-state index contributed by atoms with van der Waals surface area (Å²) in [6.07, 6.45) is 0. The smallest absolute Gasteiger partial charge is 0.281 e. The van der Waals surface area contributed by atoms with Crippen molar-refractivity contribution in [2.24, 2.45) is 17.2 Å². The molecule has 0 aromatic heterocycles. The van der Waals surface area contributed by atoms with Gasteiger partial charge < -0.3 is 17.2 Å². The van der Waals surface area contributed by atoms with Crippen molar-refractivity contribution in [2.75, 3.05) is 0 Å². The second-order valence-corrected chi connectivity index (χ2v) is 3.71. The molecule has 1 amide bonds. The van der Waals surface area contributed by atoms with Crippen LogP contribution in [0.2, 0.25) is 0 Å². The van der Waals surface area contributed by atoms with Crippen molar-refractivity contribution < 1.29 is 14.6 Å². The Kier molecular flexibility index (Phi) is 4.09. The summed E-state index contributed by atoms with van der Waals surface area (Å²) in [7, 11) is 0. The van der Waals surface area contributed by atoms with Crippen LogP contribution in [0.5, 0.6) is 0 Å². The van der Waals surface area contributed by atoms with Crippen molar-refractivity contribution in [3.05, 3.63) is 44.0 Å². The van der Waals surface area contributed by atoms with E-state index in [4.69, 9.17) is 17.2 Å². The lowest BCUT2D eigenvalue weighted by Crippen LogP contribution is -2.45. The van der Waals surface area contributed by atoms with Crippen LogP contribution in [0.3, 0.4) is 0 Å². The van der Waals surface area contributed by atoms with Gasteiger partial charge in [-0.3, -0.25) is 25.0 Å². The molecule has 6 N–H and O–H groups in total. The maximum absolute atomic E-state index is 10.9. The standard InChI is InChI=1S/C9H11N5O5/c10-7(8(11)9(12)15)5-2-1-4(13(16)17)3-6(5)14(18)19/h1-3,7-8H,10-11H2,(H2,12,15). The number of primary amides is 1. The van der Waals surface area contributed by atoms with Crippen LogP contribution in [-0.2, 0) is 4.79 Å². The number of rotatable bonds is 5. The molecule has 0 saturated carbocycles. The normalized spacial score (nSPS) is 13.6. The molecule has 0 bridgehead atoms. The number of non-ortho nitro benzene ring substituents is 1. The molecule has 2 atom stereocenters. The van der Waals surface area contributed by atoms with Gasteiger partial charge >= 0.3 is 0 Å². The highest BCUT2D eigenvalue weighted by Gasteiger charge is 2.29. The third kappa shape index (κ3) is 3.00. The van der Waals surface area contributed by atoms with E-state index in [0.717, 1.165) is 18.2 Å². The monoisotopic (exact) mass is 269 g/mol. The first kappa shape index (κ1) is 14.5. The van der Waals surface area contributed by atoms with Gasteiger partial charge in [-0.1, -0.05) is 0 Å². The minimum Gasteiger partial charge on any atom is -0.368 e. The van der Waals surface area contributed by atoms with Gasteiger partial charge in [0.1, 0.15) is 6.04 Å². The zero-order chi connectivity index (χ0) is 14.7. The lowest BCUT2D eigenvalue weighted by atomic mass is 9.98. The minimum atomic E-state index is -1.33. The van der Waals surface area contributed by atoms with Gasteiger partial charge in [-0.05, 0) is 6.07 Å². The minimum absolute atomic E-state index is 0.0955. The van der Waals surface area contributed by atoms with Crippen molar-refractivity contribution in [3.63, 3.8) is 0 Å². The van der Waals surface area contributed by atoms with Crippen LogP contribution in [-0.4, -0.2) is 21.8 Å². The van der Waals surface area contributed by atoms with Gasteiger partial charge in [-0.15, -0.1) is 0 Å². The van der Waals surface area contributed by atoms with Gasteiger partial charge in [0.05, 0.1) is 22.0 Å². The lowest BCUT2D eigenvalue weighted by molar-refractivity contribution is -0.394. The second kappa shape index (κ2) is 5.37. The highest BCUT2D eigenvalue weighted by molar-refractivity contribution is 5.81. The summed E-state index contributed by atoms with van der Waals surface area (Å²) in [6.45, 7) is 0. The average molecular weight is 269 g/mol. The first-order chi connectivity index (χ1) is 8.75. The van der Waals surface area contributed by atoms with E-state index < -0.39 is 39.2 Å². The van der Waals surface area contributed by atoms with Crippen LogP contribution in [0.1, 0.15) is 11.6 Å². The number of amides is 1. The number of carbonyl (C=O) groups excluding carboxylic acids is 1. The predicted octanol–water partition coefficient (Wildman–Crippen LogP) is -0.685. The van der Waals surface area contributed by atoms with E-state index in [-0.39, 0.29) is 5.56 Å². The maximum Gasteiger partial charge on any atom is 0.281 e. The fraction of sp³-hybridized carbons (Fsp3) is 0.222. The Morgan fingerprint density at radius 1 is 1.16 bits per heavy atom. The number of nitrogens with two attached hydrogens (primary N) is 3. The number of carbonyl (C=O) groups is 1. The van der Waals surface area contributed by atoms with Gasteiger partial charge in [-0.25, -0.2) is 0 Å². The number of hydrogen-bond acceptors (Lipinski definition) is 7. The predicted molar refractivity (Wildman–Crippen MR) is 63.8 cm³/mol. The summed E-state index contributed by atoms with van der Waals surface area (Å²) in [5, 5.41) is 21.4. The van der Waals surface area contributed by atoms with Crippen LogP contribution in [0.25, 0.3) is 0 Å². The number of nitro groups is 2. The maximum atomic E-state index is 10.9. The summed E-state index contributed by atoms with van der Waals surface area (Å²) in [5.74, 6) is -0.930. The molecule has 2 unspecified atom stereocenters. The average Bonchev–Trinajstić information content (AvgIpc) is 2.35. The largest absolute Gasteiger partial charge is 0.368 e. The van der Waals surface area contributed by atoms with E-state index >= 15 is 0 Å². The number of nitrogens with zero attached hydrogens (tertiary/aromatic N) is 2. The number of nitro benzene ring substituents is 2. The summed E-state index contributed by atoms with van der Waals surface area (Å²) >= 11 is 0. The van der Waals surface area contributed by atoms with E-state index in [1.807, 2.05) is 0 Å². The molecule has 0 saturated heterocycles. The third-order valence-electron chi connectivity index (χ3n) is 2.50. The van der Waals surface area contributed by atoms with Crippen LogP contribution in [0, 0.1) is 20.2 Å². The van der Waals surface area contributed by atoms with Gasteiger partial charge in [0, 0.05) is 11.6 Å². The number of hydrogen-bond donors (Lipinski definition) is 3. The van der Waals surface area contributed by atoms with Crippen LogP contribution < -0.4 is 17.2 Å². The molecule has 0 fully saturated rings. The summed E-state index contributed by atoms with van der Waals surface area (Å²) in [6, 6.07) is 0.321. The zero-order valence-corrected chi connectivity index (χ0v) is 9.55. The molecule has 10 heteroatoms. The highest BCUT2D eigenvalue weighted by atomic mass is 16.6. The van der Waals surface area contributed by atoms with Gasteiger partial charge in [-0.2, -0.15) is 0 Å². The van der Waals surface area contributed by atoms with Crippen molar-refractivity contribution in [3.8, 4) is 0 Å². The Morgan fingerprint density at radius 2 is 1.74 bits per heavy atom. The molecule has 102 valence electrons. The quantitative estimate of drug-likeness (QED) is 0.467. The fourth-order valence-electron chi connectivity index (χ4n) is 1.46. The molecule has 0 spiro atoms. The molecule has 0 heterocycles. The molecular weight excluding hydrogens is 258 g/mol. The third-order valence-corrected chi connectivity index (χ3v) is 2.50. The van der Waals surface area contributed by atoms with E-state index in [2.05, 4.69) is 0 Å². The van der Waals surface area contributed by atoms with Gasteiger partial charge in [0.15, 0.2) is 0 Å². The van der Waals surface area contributed by atoms with E-state index in [1.54, 1.807) is 0 Å². The first-order valence-corrected chi connectivity index (χ1v) is 4.99. The van der Waals surface area contributed by atoms with E-state index in [0.29, 0.717) is 0 Å². The molecule has 0 aliphatic rings. The Labute approximate surface area is 106 Å². The van der Waals surface area contributed by atoms with Gasteiger partial charge in [0.2, 0.25) is 5.91 Å². The molecule has 0 aliphatic carbocycles. The van der Waals surface area contributed by atoms with Crippen molar-refractivity contribution in [1.29, 1.82) is 0 Å². The highest BCUT2D eigenvalue weighted by Crippen LogP contribution is 2.29. The molecule has 1 aromatic carbocycles. The topological polar surface area (TPSA) is 181 Å². The molecule has 0 aliphatic heterocycles. The lowest BCUT2D eigenvalue weighted by Gasteiger charge is -2.16. The Balaban J connectivity index is 3.31. The SMILES string of the molecule is NC(=O)C(N)C(N)c1ccc([N+](=O)[O-])cc1[N+](=O)[O-]. The van der Waals surface area contributed by atoms with Gasteiger partial charge in [0.25, 0.3) is 11.4 Å². The Morgan fingerprint density at radius 3 is 2.16 bits per heavy atom. The molecule has 1 aromatic rings. The molecular formula is C9H11N5O5. The first-order valence-electron chi connectivity index (χ1n) is 4.99.